The molecule has 37 heavy (non-hydrogen) atoms. The summed E-state index contributed by atoms with van der Waals surface area (Å²) in [5.74, 6) is -1.31. The van der Waals surface area contributed by atoms with Gasteiger partial charge in [0.2, 0.25) is 5.92 Å². The number of carbonyl (C=O) groups is 1. The van der Waals surface area contributed by atoms with Crippen molar-refractivity contribution in [2.45, 2.75) is 124 Å². The standard InChI is InChI=1S/C20H23NO.C7H14.C6H12F2/c1-3-15-6-9-18-13-19(11-10-17(18)12-15)21-20(22)16-7-4-14(2)5-8-16;1-2-7-5-3-4-6-7;1-3-4-5-6(2,7)8/h4-9,12,19H,3,10-11,13H2,1-2H3,(H,21,22);7H,2-6H2,1H3;3-5H2,1-2H3. The van der Waals surface area contributed by atoms with Crippen LogP contribution in [-0.2, 0) is 19.3 Å². The molecular weight excluding hydrogens is 464 g/mol. The van der Waals surface area contributed by atoms with Crippen LogP contribution in [0.5, 0.6) is 0 Å². The highest BCUT2D eigenvalue weighted by Crippen LogP contribution is 2.26. The Hall–Kier alpha value is -2.23. The summed E-state index contributed by atoms with van der Waals surface area (Å²) in [5, 5.41) is 3.19. The molecule has 2 aliphatic carbocycles. The molecule has 0 saturated heterocycles. The minimum atomic E-state index is -2.45. The lowest BCUT2D eigenvalue weighted by Crippen LogP contribution is -2.38. The molecule has 2 aromatic rings. The molecule has 206 valence electrons. The van der Waals surface area contributed by atoms with Crippen molar-refractivity contribution in [2.24, 2.45) is 5.92 Å². The van der Waals surface area contributed by atoms with Crippen molar-refractivity contribution >= 4 is 5.91 Å². The summed E-state index contributed by atoms with van der Waals surface area (Å²) in [6, 6.07) is 14.8. The normalized spacial score (nSPS) is 17.1. The van der Waals surface area contributed by atoms with E-state index in [9.17, 15) is 13.6 Å². The number of halogens is 2. The monoisotopic (exact) mass is 513 g/mol. The van der Waals surface area contributed by atoms with Crippen LogP contribution in [0.3, 0.4) is 0 Å². The van der Waals surface area contributed by atoms with E-state index in [2.05, 4.69) is 37.4 Å². The summed E-state index contributed by atoms with van der Waals surface area (Å²) in [7, 11) is 0. The highest BCUT2D eigenvalue weighted by atomic mass is 19.3. The molecule has 2 nitrogen and oxygen atoms in total. The molecule has 1 fully saturated rings. The molecule has 1 saturated carbocycles. The Morgan fingerprint density at radius 2 is 1.65 bits per heavy atom. The molecule has 2 aliphatic rings. The van der Waals surface area contributed by atoms with Crippen LogP contribution in [0.15, 0.2) is 42.5 Å². The van der Waals surface area contributed by atoms with Gasteiger partial charge >= 0.3 is 0 Å². The number of unbranched alkanes of at least 4 members (excludes halogenated alkanes) is 1. The maximum Gasteiger partial charge on any atom is 0.251 e. The summed E-state index contributed by atoms with van der Waals surface area (Å²) < 4.78 is 23.8. The van der Waals surface area contributed by atoms with Gasteiger partial charge < -0.3 is 5.32 Å². The van der Waals surface area contributed by atoms with Crippen LogP contribution >= 0.6 is 0 Å². The predicted molar refractivity (Wildman–Crippen MR) is 153 cm³/mol. The maximum absolute atomic E-state index is 12.3. The van der Waals surface area contributed by atoms with Gasteiger partial charge in [0.25, 0.3) is 5.91 Å². The van der Waals surface area contributed by atoms with Crippen LogP contribution < -0.4 is 5.32 Å². The smallest absolute Gasteiger partial charge is 0.251 e. The minimum absolute atomic E-state index is 0.0312. The third-order valence-corrected chi connectivity index (χ3v) is 7.58. The summed E-state index contributed by atoms with van der Waals surface area (Å²) in [4.78, 5) is 12.3. The molecule has 0 aliphatic heterocycles. The topological polar surface area (TPSA) is 29.1 Å². The van der Waals surface area contributed by atoms with E-state index in [1.165, 1.54) is 54.4 Å². The van der Waals surface area contributed by atoms with Gasteiger partial charge in [-0.3, -0.25) is 4.79 Å². The third-order valence-electron chi connectivity index (χ3n) is 7.58. The number of benzene rings is 2. The average Bonchev–Trinajstić information content (AvgIpc) is 3.42. The van der Waals surface area contributed by atoms with E-state index >= 15 is 0 Å². The molecule has 0 bridgehead atoms. The Kier molecular flexibility index (Phi) is 13.3. The second kappa shape index (κ2) is 15.9. The highest BCUT2D eigenvalue weighted by Gasteiger charge is 2.21. The van der Waals surface area contributed by atoms with E-state index < -0.39 is 5.92 Å². The number of hydrogen-bond donors (Lipinski definition) is 1. The van der Waals surface area contributed by atoms with E-state index in [-0.39, 0.29) is 18.4 Å². The molecular formula is C33H49F2NO. The molecule has 0 spiro atoms. The minimum Gasteiger partial charge on any atom is -0.349 e. The molecule has 1 amide bonds. The van der Waals surface area contributed by atoms with Crippen LogP contribution in [0.4, 0.5) is 8.78 Å². The lowest BCUT2D eigenvalue weighted by atomic mass is 9.87. The van der Waals surface area contributed by atoms with Gasteiger partial charge in [0.05, 0.1) is 0 Å². The maximum atomic E-state index is 12.3. The van der Waals surface area contributed by atoms with Crippen LogP contribution in [0.1, 0.15) is 118 Å². The Morgan fingerprint density at radius 1 is 0.973 bits per heavy atom. The Morgan fingerprint density at radius 3 is 2.16 bits per heavy atom. The second-order valence-electron chi connectivity index (χ2n) is 11.0. The van der Waals surface area contributed by atoms with Gasteiger partial charge in [0.15, 0.2) is 0 Å². The van der Waals surface area contributed by atoms with Crippen molar-refractivity contribution in [2.75, 3.05) is 0 Å². The molecule has 2 aromatic carbocycles. The molecule has 1 unspecified atom stereocenters. The van der Waals surface area contributed by atoms with Crippen LogP contribution in [0, 0.1) is 12.8 Å². The lowest BCUT2D eigenvalue weighted by Gasteiger charge is -2.26. The second-order valence-corrected chi connectivity index (χ2v) is 11.0. The van der Waals surface area contributed by atoms with E-state index in [4.69, 9.17) is 0 Å². The first-order chi connectivity index (χ1) is 17.6. The molecule has 0 heterocycles. The van der Waals surface area contributed by atoms with Crippen LogP contribution in [0.25, 0.3) is 0 Å². The molecule has 0 aromatic heterocycles. The van der Waals surface area contributed by atoms with Gasteiger partial charge in [0.1, 0.15) is 0 Å². The van der Waals surface area contributed by atoms with Crippen LogP contribution in [0.2, 0.25) is 0 Å². The van der Waals surface area contributed by atoms with Crippen molar-refractivity contribution in [1.82, 2.24) is 5.32 Å². The van der Waals surface area contributed by atoms with Crippen LogP contribution in [-0.4, -0.2) is 17.9 Å². The number of alkyl halides is 2. The van der Waals surface area contributed by atoms with Gasteiger partial charge in [-0.1, -0.05) is 95.2 Å². The van der Waals surface area contributed by atoms with Crippen molar-refractivity contribution in [1.29, 1.82) is 0 Å². The summed E-state index contributed by atoms with van der Waals surface area (Å²) in [6.45, 7) is 9.39. The molecule has 4 heteroatoms. The largest absolute Gasteiger partial charge is 0.349 e. The molecule has 1 N–H and O–H groups in total. The number of hydrogen-bond acceptors (Lipinski definition) is 1. The Bertz CT molecular complexity index is 926. The average molecular weight is 514 g/mol. The van der Waals surface area contributed by atoms with E-state index in [1.54, 1.807) is 0 Å². The Labute approximate surface area is 224 Å². The SMILES string of the molecule is CCC1CCCC1.CCCCC(C)(F)F.CCc1ccc2c(c1)CCC(NC(=O)c1ccc(C)cc1)C2. The fourth-order valence-corrected chi connectivity index (χ4v) is 5.03. The van der Waals surface area contributed by atoms with Gasteiger partial charge in [-0.25, -0.2) is 8.78 Å². The summed E-state index contributed by atoms with van der Waals surface area (Å²) in [6.07, 6.45) is 13.1. The van der Waals surface area contributed by atoms with Gasteiger partial charge in [-0.2, -0.15) is 0 Å². The quantitative estimate of drug-likeness (QED) is 0.393. The number of aryl methyl sites for hydroxylation is 3. The third kappa shape index (κ3) is 11.8. The first-order valence-electron chi connectivity index (χ1n) is 14.5. The van der Waals surface area contributed by atoms with Crippen molar-refractivity contribution in [3.8, 4) is 0 Å². The van der Waals surface area contributed by atoms with E-state index in [0.29, 0.717) is 6.42 Å². The number of amides is 1. The van der Waals surface area contributed by atoms with E-state index in [0.717, 1.165) is 50.5 Å². The zero-order valence-electron chi connectivity index (χ0n) is 23.8. The number of fused-ring (bicyclic) bond motifs is 1. The Balaban J connectivity index is 0.000000263. The van der Waals surface area contributed by atoms with Gasteiger partial charge in [0, 0.05) is 18.0 Å². The number of nitrogens with one attached hydrogen (secondary N) is 1. The van der Waals surface area contributed by atoms with Gasteiger partial charge in [-0.05, 0) is 80.7 Å². The van der Waals surface area contributed by atoms with Crippen molar-refractivity contribution in [3.05, 3.63) is 70.3 Å². The van der Waals surface area contributed by atoms with Gasteiger partial charge in [-0.15, -0.1) is 0 Å². The van der Waals surface area contributed by atoms with E-state index in [1.807, 2.05) is 38.1 Å². The fourth-order valence-electron chi connectivity index (χ4n) is 5.03. The molecule has 1 atom stereocenters. The number of rotatable bonds is 7. The first-order valence-corrected chi connectivity index (χ1v) is 14.5. The number of carbonyl (C=O) groups excluding carboxylic acids is 1. The predicted octanol–water partition coefficient (Wildman–Crippen LogP) is 9.26. The van der Waals surface area contributed by atoms with Crippen molar-refractivity contribution in [3.63, 3.8) is 0 Å². The lowest BCUT2D eigenvalue weighted by molar-refractivity contribution is 0.0108. The summed E-state index contributed by atoms with van der Waals surface area (Å²) in [5.41, 5.74) is 6.17. The van der Waals surface area contributed by atoms with Crippen molar-refractivity contribution < 1.29 is 13.6 Å². The zero-order valence-corrected chi connectivity index (χ0v) is 23.8. The summed E-state index contributed by atoms with van der Waals surface area (Å²) >= 11 is 0. The molecule has 4 rings (SSSR count). The first kappa shape index (κ1) is 31.0. The fraction of sp³-hybridized carbons (Fsp3) is 0.606. The zero-order chi connectivity index (χ0) is 27.3. The molecule has 0 radical (unpaired) electrons. The highest BCUT2D eigenvalue weighted by molar-refractivity contribution is 5.94.